The lowest BCUT2D eigenvalue weighted by Gasteiger charge is -2.32. The van der Waals surface area contributed by atoms with E-state index in [0.717, 1.165) is 45.0 Å². The van der Waals surface area contributed by atoms with E-state index >= 15 is 0 Å². The molecule has 0 atom stereocenters. The van der Waals surface area contributed by atoms with Crippen molar-refractivity contribution in [2.24, 2.45) is 10.4 Å². The molecular weight excluding hydrogens is 306 g/mol. The smallest absolute Gasteiger partial charge is 0.225 e. The van der Waals surface area contributed by atoms with Crippen LogP contribution in [0.5, 0.6) is 0 Å². The molecule has 1 aliphatic rings. The Morgan fingerprint density at radius 3 is 2.38 bits per heavy atom. The largest absolute Gasteiger partial charge is 0.383 e. The Bertz CT molecular complexity index is 398. The fraction of sp³-hybridized carbons (Fsp3) is 0.882. The summed E-state index contributed by atoms with van der Waals surface area (Å²) in [4.78, 5) is 18.5. The Hall–Kier alpha value is -1.34. The lowest BCUT2D eigenvalue weighted by molar-refractivity contribution is -0.128. The van der Waals surface area contributed by atoms with Crippen molar-refractivity contribution in [2.45, 2.75) is 39.7 Å². The first-order chi connectivity index (χ1) is 11.4. The molecule has 0 bridgehead atoms. The molecule has 1 heterocycles. The van der Waals surface area contributed by atoms with Crippen LogP contribution in [-0.2, 0) is 9.53 Å². The lowest BCUT2D eigenvalue weighted by atomic mass is 9.96. The van der Waals surface area contributed by atoms with E-state index in [4.69, 9.17) is 4.74 Å². The van der Waals surface area contributed by atoms with Crippen LogP contribution in [-0.4, -0.2) is 76.3 Å². The Balaban J connectivity index is 2.21. The summed E-state index contributed by atoms with van der Waals surface area (Å²) in [7, 11) is 3.52. The molecule has 1 aliphatic heterocycles. The SMILES string of the molecule is CN=C(NCCNC(=O)C(C)(C)C)NC1CCN(CCOC)CC1. The van der Waals surface area contributed by atoms with Crippen molar-refractivity contribution >= 4 is 11.9 Å². The fourth-order valence-corrected chi connectivity index (χ4v) is 2.53. The van der Waals surface area contributed by atoms with Gasteiger partial charge in [-0.2, -0.15) is 0 Å². The van der Waals surface area contributed by atoms with E-state index in [0.29, 0.717) is 19.1 Å². The molecule has 0 saturated carbocycles. The molecule has 1 fully saturated rings. The number of amides is 1. The van der Waals surface area contributed by atoms with Crippen molar-refractivity contribution in [3.63, 3.8) is 0 Å². The van der Waals surface area contributed by atoms with Gasteiger partial charge in [0.05, 0.1) is 6.61 Å². The molecule has 0 radical (unpaired) electrons. The van der Waals surface area contributed by atoms with Gasteiger partial charge in [0.15, 0.2) is 5.96 Å². The highest BCUT2D eigenvalue weighted by Crippen LogP contribution is 2.12. The van der Waals surface area contributed by atoms with Crippen molar-refractivity contribution in [3.8, 4) is 0 Å². The lowest BCUT2D eigenvalue weighted by Crippen LogP contribution is -2.50. The first-order valence-electron chi connectivity index (χ1n) is 8.83. The highest BCUT2D eigenvalue weighted by atomic mass is 16.5. The zero-order chi connectivity index (χ0) is 18.0. The number of aliphatic imine (C=N–C) groups is 1. The Morgan fingerprint density at radius 2 is 1.83 bits per heavy atom. The molecular formula is C17H35N5O2. The van der Waals surface area contributed by atoms with Crippen LogP contribution < -0.4 is 16.0 Å². The van der Waals surface area contributed by atoms with Crippen LogP contribution in [0, 0.1) is 5.41 Å². The van der Waals surface area contributed by atoms with E-state index in [9.17, 15) is 4.79 Å². The number of nitrogens with zero attached hydrogens (tertiary/aromatic N) is 2. The van der Waals surface area contributed by atoms with Crippen LogP contribution in [0.3, 0.4) is 0 Å². The third kappa shape index (κ3) is 7.97. The molecule has 0 aromatic heterocycles. The zero-order valence-corrected chi connectivity index (χ0v) is 15.9. The van der Waals surface area contributed by atoms with E-state index in [2.05, 4.69) is 25.8 Å². The molecule has 0 aliphatic carbocycles. The van der Waals surface area contributed by atoms with Gasteiger partial charge in [0.1, 0.15) is 0 Å². The van der Waals surface area contributed by atoms with Crippen LogP contribution in [0.15, 0.2) is 4.99 Å². The second-order valence-corrected chi connectivity index (χ2v) is 7.26. The molecule has 7 nitrogen and oxygen atoms in total. The average molecular weight is 342 g/mol. The van der Waals surface area contributed by atoms with Crippen molar-refractivity contribution in [3.05, 3.63) is 0 Å². The van der Waals surface area contributed by atoms with E-state index in [-0.39, 0.29) is 11.3 Å². The summed E-state index contributed by atoms with van der Waals surface area (Å²) in [6.07, 6.45) is 2.20. The van der Waals surface area contributed by atoms with Gasteiger partial charge in [0.25, 0.3) is 0 Å². The maximum atomic E-state index is 11.8. The highest BCUT2D eigenvalue weighted by Gasteiger charge is 2.21. The van der Waals surface area contributed by atoms with E-state index in [1.165, 1.54) is 0 Å². The van der Waals surface area contributed by atoms with E-state index in [1.807, 2.05) is 20.8 Å². The quantitative estimate of drug-likeness (QED) is 0.355. The van der Waals surface area contributed by atoms with Crippen LogP contribution in [0.1, 0.15) is 33.6 Å². The Labute approximate surface area is 146 Å². The highest BCUT2D eigenvalue weighted by molar-refractivity contribution is 5.82. The molecule has 1 rings (SSSR count). The molecule has 3 N–H and O–H groups in total. The molecule has 1 amide bonds. The van der Waals surface area contributed by atoms with Gasteiger partial charge < -0.3 is 25.6 Å². The molecule has 24 heavy (non-hydrogen) atoms. The maximum absolute atomic E-state index is 11.8. The van der Waals surface area contributed by atoms with Crippen molar-refractivity contribution in [1.29, 1.82) is 0 Å². The van der Waals surface area contributed by atoms with Gasteiger partial charge in [-0.15, -0.1) is 0 Å². The van der Waals surface area contributed by atoms with Gasteiger partial charge in [0.2, 0.25) is 5.91 Å². The average Bonchev–Trinajstić information content (AvgIpc) is 2.55. The number of carbonyl (C=O) groups is 1. The number of nitrogens with one attached hydrogen (secondary N) is 3. The first kappa shape index (κ1) is 20.7. The fourth-order valence-electron chi connectivity index (χ4n) is 2.53. The molecule has 1 saturated heterocycles. The number of guanidine groups is 1. The van der Waals surface area contributed by atoms with Gasteiger partial charge in [-0.05, 0) is 12.8 Å². The molecule has 140 valence electrons. The molecule has 0 aromatic carbocycles. The Kier molecular flexibility index (Phi) is 9.07. The second-order valence-electron chi connectivity index (χ2n) is 7.26. The van der Waals surface area contributed by atoms with Crippen molar-refractivity contribution < 1.29 is 9.53 Å². The number of carbonyl (C=O) groups excluding carboxylic acids is 1. The summed E-state index contributed by atoms with van der Waals surface area (Å²) < 4.78 is 5.13. The van der Waals surface area contributed by atoms with E-state index < -0.39 is 0 Å². The molecule has 7 heteroatoms. The predicted octanol–water partition coefficient (Wildman–Crippen LogP) is 0.425. The molecule has 0 unspecified atom stereocenters. The van der Waals surface area contributed by atoms with Crippen LogP contribution >= 0.6 is 0 Å². The summed E-state index contributed by atoms with van der Waals surface area (Å²) in [5.41, 5.74) is -0.350. The number of hydrogen-bond donors (Lipinski definition) is 3. The van der Waals surface area contributed by atoms with Gasteiger partial charge in [-0.1, -0.05) is 20.8 Å². The van der Waals surface area contributed by atoms with Gasteiger partial charge in [-0.25, -0.2) is 0 Å². The predicted molar refractivity (Wildman–Crippen MR) is 98.3 cm³/mol. The minimum atomic E-state index is -0.350. The monoisotopic (exact) mass is 341 g/mol. The molecule has 0 spiro atoms. The van der Waals surface area contributed by atoms with Crippen molar-refractivity contribution in [2.75, 3.05) is 53.5 Å². The summed E-state index contributed by atoms with van der Waals surface area (Å²) in [6, 6.07) is 0.444. The van der Waals surface area contributed by atoms with Gasteiger partial charge in [-0.3, -0.25) is 9.79 Å². The summed E-state index contributed by atoms with van der Waals surface area (Å²) >= 11 is 0. The number of hydrogen-bond acceptors (Lipinski definition) is 4. The number of methoxy groups -OCH3 is 1. The summed E-state index contributed by atoms with van der Waals surface area (Å²) in [5.74, 6) is 0.867. The first-order valence-corrected chi connectivity index (χ1v) is 8.83. The topological polar surface area (TPSA) is 78.0 Å². The van der Waals surface area contributed by atoms with Gasteiger partial charge in [0, 0.05) is 58.3 Å². The van der Waals surface area contributed by atoms with Crippen LogP contribution in [0.2, 0.25) is 0 Å². The normalized spacial score (nSPS) is 17.6. The standard InChI is InChI=1S/C17H35N5O2/c1-17(2,3)15(23)19-8-9-20-16(18-4)21-14-6-10-22(11-7-14)12-13-24-5/h14H,6-13H2,1-5H3,(H,19,23)(H2,18,20,21). The van der Waals surface area contributed by atoms with Crippen LogP contribution in [0.4, 0.5) is 0 Å². The molecule has 0 aromatic rings. The maximum Gasteiger partial charge on any atom is 0.225 e. The third-order valence-electron chi connectivity index (χ3n) is 4.15. The summed E-state index contributed by atoms with van der Waals surface area (Å²) in [6.45, 7) is 10.9. The summed E-state index contributed by atoms with van der Waals surface area (Å²) in [5, 5.41) is 9.66. The minimum absolute atomic E-state index is 0.0654. The number of rotatable bonds is 7. The third-order valence-corrected chi connectivity index (χ3v) is 4.15. The zero-order valence-electron chi connectivity index (χ0n) is 15.9. The Morgan fingerprint density at radius 1 is 1.21 bits per heavy atom. The number of piperidine rings is 1. The second kappa shape index (κ2) is 10.5. The minimum Gasteiger partial charge on any atom is -0.383 e. The van der Waals surface area contributed by atoms with Crippen LogP contribution in [0.25, 0.3) is 0 Å². The number of likely N-dealkylation sites (tertiary alicyclic amines) is 1. The van der Waals surface area contributed by atoms with Crippen molar-refractivity contribution in [1.82, 2.24) is 20.9 Å². The van der Waals surface area contributed by atoms with Gasteiger partial charge >= 0.3 is 0 Å². The van der Waals surface area contributed by atoms with E-state index in [1.54, 1.807) is 14.2 Å². The number of ether oxygens (including phenoxy) is 1.